The SMILES string of the molecule is CCSc1nnc(NC(=O)CCc2c(C)nc3nc(SC)nn3c2C)s1. The normalized spacial score (nSPS) is 11.2. The molecule has 3 heterocycles. The van der Waals surface area contributed by atoms with Crippen molar-refractivity contribution in [3.05, 3.63) is 17.0 Å². The number of fused-ring (bicyclic) bond motifs is 1. The number of carbonyl (C=O) groups is 1. The van der Waals surface area contributed by atoms with E-state index in [0.717, 1.165) is 27.0 Å². The second-order valence-electron chi connectivity index (χ2n) is 5.43. The number of thioether (sulfide) groups is 2. The summed E-state index contributed by atoms with van der Waals surface area (Å²) in [7, 11) is 0. The molecule has 0 saturated heterocycles. The minimum absolute atomic E-state index is 0.0866. The van der Waals surface area contributed by atoms with Gasteiger partial charge in [0, 0.05) is 17.8 Å². The fourth-order valence-corrected chi connectivity index (χ4v) is 4.50. The molecule has 138 valence electrons. The molecule has 11 heteroatoms. The Morgan fingerprint density at radius 2 is 2.08 bits per heavy atom. The molecule has 0 unspecified atom stereocenters. The van der Waals surface area contributed by atoms with E-state index in [4.69, 9.17) is 0 Å². The predicted octanol–water partition coefficient (Wildman–Crippen LogP) is 3.00. The third-order valence-electron chi connectivity index (χ3n) is 3.73. The van der Waals surface area contributed by atoms with Crippen molar-refractivity contribution < 1.29 is 4.79 Å². The molecule has 0 radical (unpaired) electrons. The highest BCUT2D eigenvalue weighted by atomic mass is 32.2. The highest BCUT2D eigenvalue weighted by Crippen LogP contribution is 2.25. The molecule has 0 saturated carbocycles. The van der Waals surface area contributed by atoms with Crippen LogP contribution in [0.2, 0.25) is 0 Å². The third kappa shape index (κ3) is 4.15. The number of hydrogen-bond donors (Lipinski definition) is 1. The standard InChI is InChI=1S/C15H19N7OS3/c1-5-25-15-20-19-13(26-15)17-11(23)7-6-10-8(2)16-12-18-14(24-4)21-22(12)9(10)3/h5-7H2,1-4H3,(H,17,19,23). The molecule has 0 spiro atoms. The van der Waals surface area contributed by atoms with E-state index in [1.54, 1.807) is 16.3 Å². The van der Waals surface area contributed by atoms with Gasteiger partial charge in [0.2, 0.25) is 16.2 Å². The van der Waals surface area contributed by atoms with Gasteiger partial charge >= 0.3 is 0 Å². The van der Waals surface area contributed by atoms with Crippen LogP contribution < -0.4 is 5.32 Å². The Morgan fingerprint density at radius 1 is 1.27 bits per heavy atom. The average Bonchev–Trinajstić information content (AvgIpc) is 3.21. The number of rotatable bonds is 7. The molecular weight excluding hydrogens is 390 g/mol. The Kier molecular flexibility index (Phi) is 6.09. The first-order valence-corrected chi connectivity index (χ1v) is 11.1. The molecule has 0 bridgehead atoms. The van der Waals surface area contributed by atoms with Crippen LogP contribution in [0.15, 0.2) is 9.50 Å². The summed E-state index contributed by atoms with van der Waals surface area (Å²) in [5.74, 6) is 1.43. The molecule has 3 aromatic heterocycles. The predicted molar refractivity (Wildman–Crippen MR) is 105 cm³/mol. The van der Waals surface area contributed by atoms with Crippen molar-refractivity contribution in [2.24, 2.45) is 0 Å². The zero-order chi connectivity index (χ0) is 18.7. The van der Waals surface area contributed by atoms with Gasteiger partial charge in [0.15, 0.2) is 4.34 Å². The van der Waals surface area contributed by atoms with Crippen LogP contribution in [0.1, 0.15) is 30.3 Å². The molecular formula is C15H19N7OS3. The van der Waals surface area contributed by atoms with Gasteiger partial charge in [-0.05, 0) is 37.8 Å². The van der Waals surface area contributed by atoms with Crippen LogP contribution in [0, 0.1) is 13.8 Å². The fraction of sp³-hybridized carbons (Fsp3) is 0.467. The molecule has 0 aromatic carbocycles. The van der Waals surface area contributed by atoms with Crippen LogP contribution in [0.4, 0.5) is 5.13 Å². The van der Waals surface area contributed by atoms with E-state index in [1.165, 1.54) is 23.1 Å². The van der Waals surface area contributed by atoms with Gasteiger partial charge in [-0.1, -0.05) is 41.8 Å². The number of aromatic nitrogens is 6. The number of hydrogen-bond acceptors (Lipinski definition) is 9. The van der Waals surface area contributed by atoms with Gasteiger partial charge in [0.05, 0.1) is 0 Å². The smallest absolute Gasteiger partial charge is 0.253 e. The lowest BCUT2D eigenvalue weighted by molar-refractivity contribution is -0.116. The van der Waals surface area contributed by atoms with Gasteiger partial charge < -0.3 is 5.32 Å². The van der Waals surface area contributed by atoms with Crippen LogP contribution in [0.3, 0.4) is 0 Å². The number of nitrogens with one attached hydrogen (secondary N) is 1. The van der Waals surface area contributed by atoms with E-state index >= 15 is 0 Å². The summed E-state index contributed by atoms with van der Waals surface area (Å²) >= 11 is 4.48. The Bertz CT molecular complexity index is 937. The Hall–Kier alpha value is -1.72. The molecule has 3 rings (SSSR count). The summed E-state index contributed by atoms with van der Waals surface area (Å²) in [6.07, 6.45) is 2.85. The van der Waals surface area contributed by atoms with Crippen molar-refractivity contribution in [1.82, 2.24) is 29.8 Å². The van der Waals surface area contributed by atoms with Gasteiger partial charge in [0.1, 0.15) is 0 Å². The number of anilines is 1. The van der Waals surface area contributed by atoms with Crippen LogP contribution in [-0.4, -0.2) is 47.7 Å². The molecule has 0 aliphatic carbocycles. The van der Waals surface area contributed by atoms with Crippen molar-refractivity contribution in [3.8, 4) is 0 Å². The molecule has 0 fully saturated rings. The molecule has 1 N–H and O–H groups in total. The van der Waals surface area contributed by atoms with E-state index in [2.05, 4.69) is 37.5 Å². The monoisotopic (exact) mass is 409 g/mol. The quantitative estimate of drug-likeness (QED) is 0.470. The summed E-state index contributed by atoms with van der Waals surface area (Å²) in [6.45, 7) is 5.97. The van der Waals surface area contributed by atoms with Gasteiger partial charge in [-0.25, -0.2) is 9.50 Å². The first kappa shape index (κ1) is 19.1. The Labute approximate surface area is 163 Å². The zero-order valence-electron chi connectivity index (χ0n) is 14.9. The maximum atomic E-state index is 12.3. The van der Waals surface area contributed by atoms with Crippen LogP contribution in [0.25, 0.3) is 5.78 Å². The third-order valence-corrected chi connectivity index (χ3v) is 6.13. The average molecular weight is 410 g/mol. The summed E-state index contributed by atoms with van der Waals surface area (Å²) in [6, 6.07) is 0. The Balaban J connectivity index is 1.69. The van der Waals surface area contributed by atoms with Crippen molar-refractivity contribution in [2.75, 3.05) is 17.3 Å². The topological polar surface area (TPSA) is 98.0 Å². The second kappa shape index (κ2) is 8.31. The maximum absolute atomic E-state index is 12.3. The molecule has 8 nitrogen and oxygen atoms in total. The molecule has 3 aromatic rings. The first-order valence-electron chi connectivity index (χ1n) is 8.04. The molecule has 0 aliphatic rings. The van der Waals surface area contributed by atoms with Crippen molar-refractivity contribution >= 4 is 51.7 Å². The summed E-state index contributed by atoms with van der Waals surface area (Å²) in [5.41, 5.74) is 2.86. The van der Waals surface area contributed by atoms with Gasteiger partial charge in [-0.3, -0.25) is 4.79 Å². The molecule has 26 heavy (non-hydrogen) atoms. The van der Waals surface area contributed by atoms with E-state index in [9.17, 15) is 4.79 Å². The lowest BCUT2D eigenvalue weighted by Gasteiger charge is -2.09. The molecule has 0 atom stereocenters. The Morgan fingerprint density at radius 3 is 2.81 bits per heavy atom. The fourth-order valence-electron chi connectivity index (χ4n) is 2.50. The summed E-state index contributed by atoms with van der Waals surface area (Å²) < 4.78 is 2.60. The maximum Gasteiger partial charge on any atom is 0.253 e. The first-order chi connectivity index (χ1) is 12.5. The summed E-state index contributed by atoms with van der Waals surface area (Å²) in [4.78, 5) is 21.1. The zero-order valence-corrected chi connectivity index (χ0v) is 17.4. The minimum Gasteiger partial charge on any atom is -0.300 e. The number of amides is 1. The molecule has 1 amide bonds. The number of aryl methyl sites for hydroxylation is 2. The van der Waals surface area contributed by atoms with E-state index in [-0.39, 0.29) is 5.91 Å². The summed E-state index contributed by atoms with van der Waals surface area (Å²) in [5, 5.41) is 16.5. The second-order valence-corrected chi connectivity index (χ2v) is 8.69. The van der Waals surface area contributed by atoms with Gasteiger partial charge in [-0.2, -0.15) is 4.98 Å². The van der Waals surface area contributed by atoms with Crippen molar-refractivity contribution in [2.45, 2.75) is 43.1 Å². The van der Waals surface area contributed by atoms with Crippen LogP contribution in [0.5, 0.6) is 0 Å². The molecule has 0 aliphatic heterocycles. The van der Waals surface area contributed by atoms with Crippen molar-refractivity contribution in [1.29, 1.82) is 0 Å². The highest BCUT2D eigenvalue weighted by molar-refractivity contribution is 8.01. The minimum atomic E-state index is -0.0866. The lowest BCUT2D eigenvalue weighted by Crippen LogP contribution is -2.14. The lowest BCUT2D eigenvalue weighted by atomic mass is 10.1. The van der Waals surface area contributed by atoms with E-state index < -0.39 is 0 Å². The largest absolute Gasteiger partial charge is 0.300 e. The number of nitrogens with zero attached hydrogens (tertiary/aromatic N) is 6. The van der Waals surface area contributed by atoms with E-state index in [1.807, 2.05) is 20.1 Å². The van der Waals surface area contributed by atoms with Crippen LogP contribution >= 0.6 is 34.9 Å². The van der Waals surface area contributed by atoms with Crippen molar-refractivity contribution in [3.63, 3.8) is 0 Å². The van der Waals surface area contributed by atoms with E-state index in [0.29, 0.717) is 28.9 Å². The van der Waals surface area contributed by atoms with Gasteiger partial charge in [0.25, 0.3) is 5.78 Å². The highest BCUT2D eigenvalue weighted by Gasteiger charge is 2.15. The number of carbonyl (C=O) groups excluding carboxylic acids is 1. The van der Waals surface area contributed by atoms with Crippen LogP contribution in [-0.2, 0) is 11.2 Å². The van der Waals surface area contributed by atoms with Gasteiger partial charge in [-0.15, -0.1) is 15.3 Å².